The number of hydrogen-bond acceptors (Lipinski definition) is 8. The van der Waals surface area contributed by atoms with E-state index in [1.165, 1.54) is 17.7 Å². The molecule has 0 amide bonds. The second-order valence-electron chi connectivity index (χ2n) is 7.02. The Kier molecular flexibility index (Phi) is 4.58. The highest BCUT2D eigenvalue weighted by Gasteiger charge is 2.41. The number of pyridine rings is 1. The van der Waals surface area contributed by atoms with Gasteiger partial charge in [0.25, 0.3) is 5.56 Å². The van der Waals surface area contributed by atoms with Crippen molar-refractivity contribution in [2.24, 2.45) is 13.0 Å². The molecule has 2 unspecified atom stereocenters. The number of rotatable bonds is 3. The van der Waals surface area contributed by atoms with Gasteiger partial charge in [0.2, 0.25) is 11.6 Å². The number of ether oxygens (including phenoxy) is 2. The van der Waals surface area contributed by atoms with Crippen molar-refractivity contribution in [2.75, 3.05) is 7.11 Å². The molecule has 0 bridgehead atoms. The monoisotopic (exact) mass is 420 g/mol. The third-order valence-electron chi connectivity index (χ3n) is 5.42. The van der Waals surface area contributed by atoms with E-state index in [0.717, 1.165) is 6.07 Å². The minimum absolute atomic E-state index is 0.103. The van der Waals surface area contributed by atoms with E-state index in [9.17, 15) is 25.3 Å². The Morgan fingerprint density at radius 2 is 2.06 bits per heavy atom. The van der Waals surface area contributed by atoms with Crippen molar-refractivity contribution in [3.8, 4) is 23.3 Å². The topological polar surface area (TPSA) is 151 Å². The van der Waals surface area contributed by atoms with Crippen LogP contribution in [0.15, 0.2) is 41.2 Å². The van der Waals surface area contributed by atoms with Crippen LogP contribution in [0.3, 0.4) is 0 Å². The third kappa shape index (κ3) is 2.86. The van der Waals surface area contributed by atoms with Crippen molar-refractivity contribution in [3.05, 3.63) is 68.0 Å². The zero-order chi connectivity index (χ0) is 22.4. The number of nitrogens with one attached hydrogen (secondary N) is 1. The Morgan fingerprint density at radius 3 is 2.71 bits per heavy atom. The maximum Gasteiger partial charge on any atom is 0.314 e. The van der Waals surface area contributed by atoms with Gasteiger partial charge in [0.15, 0.2) is 5.75 Å². The smallest absolute Gasteiger partial charge is 0.314 e. The summed E-state index contributed by atoms with van der Waals surface area (Å²) in [6, 6.07) is 11.3. The predicted molar refractivity (Wildman–Crippen MR) is 110 cm³/mol. The van der Waals surface area contributed by atoms with Crippen LogP contribution in [0.5, 0.6) is 17.2 Å². The lowest BCUT2D eigenvalue weighted by Crippen LogP contribution is -2.37. The number of nitrogens with zero attached hydrogens (tertiary/aromatic N) is 3. The molecule has 1 aliphatic rings. The molecule has 2 heterocycles. The summed E-state index contributed by atoms with van der Waals surface area (Å²) in [6.45, 7) is 0. The minimum atomic E-state index is -1.21. The first-order valence-corrected chi connectivity index (χ1v) is 9.13. The van der Waals surface area contributed by atoms with Gasteiger partial charge in [0.1, 0.15) is 11.7 Å². The molecular formula is C21H16N4O6. The van der Waals surface area contributed by atoms with Gasteiger partial charge in [-0.05, 0) is 23.8 Å². The number of aryl methyl sites for hydroxylation is 1. The Morgan fingerprint density at radius 1 is 1.35 bits per heavy atom. The number of hydrogen-bond donors (Lipinski definition) is 2. The highest BCUT2D eigenvalue weighted by Crippen LogP contribution is 2.47. The van der Waals surface area contributed by atoms with Gasteiger partial charge in [-0.15, -0.1) is 0 Å². The summed E-state index contributed by atoms with van der Waals surface area (Å²) in [6.07, 6.45) is 0. The number of para-hydroxylation sites is 1. The van der Waals surface area contributed by atoms with Gasteiger partial charge in [-0.2, -0.15) is 5.26 Å². The fourth-order valence-electron chi connectivity index (χ4n) is 3.95. The number of fused-ring (bicyclic) bond motifs is 3. The number of aromatic nitrogens is 1. The van der Waals surface area contributed by atoms with Crippen molar-refractivity contribution >= 4 is 22.5 Å². The molecular weight excluding hydrogens is 404 g/mol. The summed E-state index contributed by atoms with van der Waals surface area (Å²) in [5, 5.41) is 40.2. The first-order chi connectivity index (χ1) is 14.8. The van der Waals surface area contributed by atoms with Crippen molar-refractivity contribution < 1.29 is 19.5 Å². The van der Waals surface area contributed by atoms with Crippen molar-refractivity contribution in [1.29, 1.82) is 10.7 Å². The number of methoxy groups -OCH3 is 1. The van der Waals surface area contributed by atoms with Crippen LogP contribution < -0.4 is 15.0 Å². The number of phenols is 1. The average Bonchev–Trinajstić information content (AvgIpc) is 2.76. The summed E-state index contributed by atoms with van der Waals surface area (Å²) in [5.41, 5.74) is -0.243. The van der Waals surface area contributed by atoms with E-state index >= 15 is 0 Å². The molecule has 0 radical (unpaired) electrons. The number of nitro groups is 1. The Bertz CT molecular complexity index is 1370. The predicted octanol–water partition coefficient (Wildman–Crippen LogP) is 2.80. The maximum atomic E-state index is 13.3. The second kappa shape index (κ2) is 7.14. The van der Waals surface area contributed by atoms with E-state index in [-0.39, 0.29) is 28.5 Å². The van der Waals surface area contributed by atoms with E-state index in [1.54, 1.807) is 31.3 Å². The third-order valence-corrected chi connectivity index (χ3v) is 5.42. The number of nitriles is 1. The van der Waals surface area contributed by atoms with E-state index in [1.807, 2.05) is 6.07 Å². The molecule has 0 fully saturated rings. The largest absolute Gasteiger partial charge is 0.500 e. The first-order valence-electron chi connectivity index (χ1n) is 9.13. The molecule has 10 heteroatoms. The van der Waals surface area contributed by atoms with Gasteiger partial charge in [-0.25, -0.2) is 0 Å². The van der Waals surface area contributed by atoms with E-state index in [0.29, 0.717) is 10.9 Å². The molecule has 1 aromatic heterocycles. The maximum absolute atomic E-state index is 13.3. The quantitative estimate of drug-likeness (QED) is 0.488. The first kappa shape index (κ1) is 19.9. The fraction of sp³-hybridized carbons (Fsp3) is 0.190. The van der Waals surface area contributed by atoms with Crippen molar-refractivity contribution in [3.63, 3.8) is 0 Å². The molecule has 3 aromatic rings. The Balaban J connectivity index is 2.12. The van der Waals surface area contributed by atoms with Crippen molar-refractivity contribution in [1.82, 2.24) is 4.57 Å². The molecule has 156 valence electrons. The number of benzene rings is 2. The standard InChI is InChI=1S/C21H16N4O6/c1-24-13-6-4-3-5-11(13)19-17(21(24)27)16(12(9-22)20(23)31-19)10-7-14(25(28)29)18(26)15(8-10)30-2/h3-8,12,16,23,26H,1-2H3. The minimum Gasteiger partial charge on any atom is -0.500 e. The van der Waals surface area contributed by atoms with Crippen LogP contribution in [-0.4, -0.2) is 27.6 Å². The van der Waals surface area contributed by atoms with Gasteiger partial charge in [0, 0.05) is 24.4 Å². The van der Waals surface area contributed by atoms with E-state index < -0.39 is 33.8 Å². The number of aromatic hydroxyl groups is 1. The summed E-state index contributed by atoms with van der Waals surface area (Å²) in [4.78, 5) is 24.0. The molecule has 2 N–H and O–H groups in total. The summed E-state index contributed by atoms with van der Waals surface area (Å²) >= 11 is 0. The molecule has 2 aromatic carbocycles. The molecule has 0 saturated heterocycles. The molecule has 0 saturated carbocycles. The van der Waals surface area contributed by atoms with Crippen LogP contribution in [-0.2, 0) is 7.05 Å². The zero-order valence-corrected chi connectivity index (χ0v) is 16.4. The Hall–Kier alpha value is -4.39. The van der Waals surface area contributed by atoms with Crippen LogP contribution in [0, 0.1) is 32.8 Å². The van der Waals surface area contributed by atoms with Gasteiger partial charge < -0.3 is 19.1 Å². The molecule has 2 atom stereocenters. The van der Waals surface area contributed by atoms with Gasteiger partial charge >= 0.3 is 5.69 Å². The molecule has 10 nitrogen and oxygen atoms in total. The number of nitro benzene ring substituents is 1. The summed E-state index contributed by atoms with van der Waals surface area (Å²) in [7, 11) is 2.81. The normalized spacial score (nSPS) is 17.5. The van der Waals surface area contributed by atoms with Gasteiger partial charge in [0.05, 0.1) is 29.2 Å². The molecule has 4 rings (SSSR count). The SMILES string of the molecule is COc1cc(C2c3c(c4ccccc4n(C)c3=O)OC(=N)C2C#N)cc([N+](=O)[O-])c1O. The van der Waals surface area contributed by atoms with Crippen molar-refractivity contribution in [2.45, 2.75) is 5.92 Å². The zero-order valence-electron chi connectivity index (χ0n) is 16.4. The molecule has 31 heavy (non-hydrogen) atoms. The van der Waals surface area contributed by atoms with Crippen LogP contribution in [0.25, 0.3) is 10.9 Å². The lowest BCUT2D eigenvalue weighted by Gasteiger charge is -2.31. The Labute approximate surface area is 175 Å². The van der Waals surface area contributed by atoms with Crippen LogP contribution in [0.2, 0.25) is 0 Å². The van der Waals surface area contributed by atoms with Crippen LogP contribution in [0.1, 0.15) is 17.0 Å². The molecule has 0 aliphatic carbocycles. The highest BCUT2D eigenvalue weighted by atomic mass is 16.6. The molecule has 0 spiro atoms. The van der Waals surface area contributed by atoms with Crippen LogP contribution >= 0.6 is 0 Å². The van der Waals surface area contributed by atoms with Gasteiger partial charge in [-0.1, -0.05) is 12.1 Å². The summed E-state index contributed by atoms with van der Waals surface area (Å²) in [5.74, 6) is -3.35. The summed E-state index contributed by atoms with van der Waals surface area (Å²) < 4.78 is 12.1. The van der Waals surface area contributed by atoms with Crippen LogP contribution in [0.4, 0.5) is 5.69 Å². The van der Waals surface area contributed by atoms with E-state index in [2.05, 4.69) is 0 Å². The fourth-order valence-corrected chi connectivity index (χ4v) is 3.95. The van der Waals surface area contributed by atoms with E-state index in [4.69, 9.17) is 14.9 Å². The molecule has 1 aliphatic heterocycles. The van der Waals surface area contributed by atoms with Gasteiger partial charge in [-0.3, -0.25) is 20.3 Å². The number of phenolic OH excluding ortho intramolecular Hbond substituents is 1. The highest BCUT2D eigenvalue weighted by molar-refractivity contribution is 5.94. The second-order valence-corrected chi connectivity index (χ2v) is 7.02. The lowest BCUT2D eigenvalue weighted by atomic mass is 9.78. The average molecular weight is 420 g/mol. The lowest BCUT2D eigenvalue weighted by molar-refractivity contribution is -0.386.